The summed E-state index contributed by atoms with van der Waals surface area (Å²) in [6.45, 7) is 5.89. The van der Waals surface area contributed by atoms with Gasteiger partial charge in [0.2, 0.25) is 0 Å². The molecule has 0 radical (unpaired) electrons. The largest absolute Gasteiger partial charge is 0.251 e. The van der Waals surface area contributed by atoms with Crippen LogP contribution in [0.2, 0.25) is 4.47 Å². The van der Waals surface area contributed by atoms with Crippen LogP contribution in [0.15, 0.2) is 10.4 Å². The highest BCUT2D eigenvalue weighted by Gasteiger charge is 2.22. The van der Waals surface area contributed by atoms with E-state index in [1.807, 2.05) is 20.8 Å². The highest BCUT2D eigenvalue weighted by atomic mass is 35.5. The van der Waals surface area contributed by atoms with E-state index in [-0.39, 0.29) is 20.6 Å². The smallest absolute Gasteiger partial charge is 0.232 e. The maximum atomic E-state index is 11.9. The number of aromatic nitrogens is 1. The molecule has 0 saturated carbocycles. The minimum atomic E-state index is -3.47. The predicted octanol–water partition coefficient (Wildman–Crippen LogP) is 2.51. The van der Waals surface area contributed by atoms with Gasteiger partial charge in [0.25, 0.3) is 10.0 Å². The van der Waals surface area contributed by atoms with Gasteiger partial charge in [-0.3, -0.25) is 0 Å². The van der Waals surface area contributed by atoms with Crippen molar-refractivity contribution in [3.05, 3.63) is 10.7 Å². The summed E-state index contributed by atoms with van der Waals surface area (Å²) < 4.78 is 26.8. The van der Waals surface area contributed by atoms with E-state index in [2.05, 4.69) is 9.71 Å². The normalized spacial score (nSPS) is 16.0. The van der Waals surface area contributed by atoms with Gasteiger partial charge in [0, 0.05) is 6.04 Å². The molecule has 0 spiro atoms. The first kappa shape index (κ1) is 13.9. The van der Waals surface area contributed by atoms with Gasteiger partial charge in [-0.1, -0.05) is 43.2 Å². The van der Waals surface area contributed by atoms with Gasteiger partial charge in [-0.25, -0.2) is 18.1 Å². The van der Waals surface area contributed by atoms with Gasteiger partial charge in [0.15, 0.2) is 8.68 Å². The van der Waals surface area contributed by atoms with E-state index >= 15 is 0 Å². The molecule has 2 atom stereocenters. The molecule has 0 aliphatic heterocycles. The average molecular weight is 283 g/mol. The van der Waals surface area contributed by atoms with Gasteiger partial charge in [0.05, 0.1) is 6.20 Å². The van der Waals surface area contributed by atoms with Crippen molar-refractivity contribution >= 4 is 33.0 Å². The Morgan fingerprint density at radius 1 is 1.56 bits per heavy atom. The van der Waals surface area contributed by atoms with Gasteiger partial charge in [0.1, 0.15) is 0 Å². The molecular weight excluding hydrogens is 268 g/mol. The molecular formula is C9H15ClN2O2S2. The molecule has 0 aliphatic rings. The van der Waals surface area contributed by atoms with Crippen LogP contribution in [-0.4, -0.2) is 19.4 Å². The SMILES string of the molecule is CCC(C)C(C)NS(=O)(=O)c1cnc(Cl)s1. The van der Waals surface area contributed by atoms with Crippen molar-refractivity contribution in [2.75, 3.05) is 0 Å². The van der Waals surface area contributed by atoms with E-state index in [4.69, 9.17) is 11.6 Å². The Hall–Kier alpha value is -0.170. The molecule has 4 nitrogen and oxygen atoms in total. The van der Waals surface area contributed by atoms with Crippen molar-refractivity contribution in [3.63, 3.8) is 0 Å². The summed E-state index contributed by atoms with van der Waals surface area (Å²) in [7, 11) is -3.47. The second-order valence-electron chi connectivity index (χ2n) is 3.73. The van der Waals surface area contributed by atoms with E-state index in [0.717, 1.165) is 17.8 Å². The van der Waals surface area contributed by atoms with Gasteiger partial charge >= 0.3 is 0 Å². The fourth-order valence-electron chi connectivity index (χ4n) is 1.14. The third-order valence-electron chi connectivity index (χ3n) is 2.56. The summed E-state index contributed by atoms with van der Waals surface area (Å²) in [4.78, 5) is 3.72. The van der Waals surface area contributed by atoms with Crippen LogP contribution in [0.4, 0.5) is 0 Å². The Morgan fingerprint density at radius 3 is 2.62 bits per heavy atom. The Balaban J connectivity index is 2.80. The summed E-state index contributed by atoms with van der Waals surface area (Å²) in [6, 6.07) is -0.101. The van der Waals surface area contributed by atoms with Crippen LogP contribution in [0.3, 0.4) is 0 Å². The lowest BCUT2D eigenvalue weighted by Gasteiger charge is -2.18. The lowest BCUT2D eigenvalue weighted by atomic mass is 10.0. The average Bonchev–Trinajstić information content (AvgIpc) is 2.63. The Morgan fingerprint density at radius 2 is 2.19 bits per heavy atom. The second-order valence-corrected chi connectivity index (χ2v) is 7.28. The Kier molecular flexibility index (Phi) is 4.73. The van der Waals surface area contributed by atoms with Crippen LogP contribution in [0, 0.1) is 5.92 Å². The molecule has 0 fully saturated rings. The summed E-state index contributed by atoms with van der Waals surface area (Å²) >= 11 is 6.57. The van der Waals surface area contributed by atoms with Gasteiger partial charge in [-0.15, -0.1) is 0 Å². The molecule has 0 saturated heterocycles. The van der Waals surface area contributed by atoms with Crippen molar-refractivity contribution in [1.82, 2.24) is 9.71 Å². The quantitative estimate of drug-likeness (QED) is 0.903. The van der Waals surface area contributed by atoms with Crippen LogP contribution in [0.25, 0.3) is 0 Å². The van der Waals surface area contributed by atoms with Crippen LogP contribution < -0.4 is 4.72 Å². The Labute approximate surface area is 105 Å². The molecule has 1 rings (SSSR count). The molecule has 1 aromatic rings. The molecule has 0 bridgehead atoms. The molecule has 2 unspecified atom stereocenters. The van der Waals surface area contributed by atoms with Gasteiger partial charge in [-0.2, -0.15) is 0 Å². The van der Waals surface area contributed by atoms with Crippen LogP contribution in [-0.2, 0) is 10.0 Å². The third-order valence-corrected chi connectivity index (χ3v) is 5.69. The molecule has 1 aromatic heterocycles. The first-order valence-electron chi connectivity index (χ1n) is 5.00. The molecule has 0 amide bonds. The number of sulfonamides is 1. The summed E-state index contributed by atoms with van der Waals surface area (Å²) in [5.74, 6) is 0.290. The van der Waals surface area contributed by atoms with E-state index < -0.39 is 10.0 Å². The van der Waals surface area contributed by atoms with E-state index in [9.17, 15) is 8.42 Å². The first-order valence-corrected chi connectivity index (χ1v) is 7.68. The number of nitrogens with one attached hydrogen (secondary N) is 1. The zero-order chi connectivity index (χ0) is 12.3. The number of rotatable bonds is 5. The highest BCUT2D eigenvalue weighted by molar-refractivity contribution is 7.91. The molecule has 1 heterocycles. The molecule has 1 N–H and O–H groups in total. The minimum Gasteiger partial charge on any atom is -0.232 e. The zero-order valence-corrected chi connectivity index (χ0v) is 11.8. The lowest BCUT2D eigenvalue weighted by molar-refractivity contribution is 0.434. The zero-order valence-electron chi connectivity index (χ0n) is 9.40. The van der Waals surface area contributed by atoms with Crippen molar-refractivity contribution in [3.8, 4) is 0 Å². The lowest BCUT2D eigenvalue weighted by Crippen LogP contribution is -2.36. The second kappa shape index (κ2) is 5.44. The monoisotopic (exact) mass is 282 g/mol. The number of hydrogen-bond acceptors (Lipinski definition) is 4. The summed E-state index contributed by atoms with van der Waals surface area (Å²) in [5.41, 5.74) is 0. The van der Waals surface area contributed by atoms with Crippen LogP contribution >= 0.6 is 22.9 Å². The van der Waals surface area contributed by atoms with Crippen molar-refractivity contribution in [2.24, 2.45) is 5.92 Å². The fourth-order valence-corrected chi connectivity index (χ4v) is 3.80. The Bertz CT molecular complexity index is 444. The number of halogens is 1. The third kappa shape index (κ3) is 3.41. The van der Waals surface area contributed by atoms with Crippen molar-refractivity contribution in [2.45, 2.75) is 37.4 Å². The number of nitrogens with zero attached hydrogens (tertiary/aromatic N) is 1. The fraction of sp³-hybridized carbons (Fsp3) is 0.667. The van der Waals surface area contributed by atoms with Crippen LogP contribution in [0.5, 0.6) is 0 Å². The van der Waals surface area contributed by atoms with Crippen molar-refractivity contribution in [1.29, 1.82) is 0 Å². The standard InChI is InChI=1S/C9H15ClN2O2S2/c1-4-6(2)7(3)12-16(13,14)8-5-11-9(10)15-8/h5-7,12H,4H2,1-3H3. The van der Waals surface area contributed by atoms with E-state index in [1.54, 1.807) is 0 Å². The first-order chi connectivity index (χ1) is 7.36. The molecule has 0 aliphatic carbocycles. The van der Waals surface area contributed by atoms with Crippen LogP contribution in [0.1, 0.15) is 27.2 Å². The number of hydrogen-bond donors (Lipinski definition) is 1. The maximum Gasteiger partial charge on any atom is 0.251 e. The summed E-state index contributed by atoms with van der Waals surface area (Å²) in [6.07, 6.45) is 2.20. The predicted molar refractivity (Wildman–Crippen MR) is 66.4 cm³/mol. The minimum absolute atomic E-state index is 0.101. The number of thiazole rings is 1. The molecule has 0 aromatic carbocycles. The van der Waals surface area contributed by atoms with Gasteiger partial charge in [-0.05, 0) is 12.8 Å². The molecule has 92 valence electrons. The summed E-state index contributed by atoms with van der Waals surface area (Å²) in [5, 5.41) is 0. The van der Waals surface area contributed by atoms with E-state index in [1.165, 1.54) is 6.20 Å². The molecule has 16 heavy (non-hydrogen) atoms. The highest BCUT2D eigenvalue weighted by Crippen LogP contribution is 2.23. The molecule has 7 heteroatoms. The van der Waals surface area contributed by atoms with E-state index in [0.29, 0.717) is 0 Å². The van der Waals surface area contributed by atoms with Gasteiger partial charge < -0.3 is 0 Å². The van der Waals surface area contributed by atoms with Crippen molar-refractivity contribution < 1.29 is 8.42 Å². The maximum absolute atomic E-state index is 11.9. The topological polar surface area (TPSA) is 59.1 Å².